The molecule has 3 aliphatic heterocycles. The van der Waals surface area contributed by atoms with Gasteiger partial charge >= 0.3 is 5.97 Å². The average molecular weight is 650 g/mol. The van der Waals surface area contributed by atoms with Gasteiger partial charge < -0.3 is 49.2 Å². The van der Waals surface area contributed by atoms with E-state index in [-0.39, 0.29) is 40.0 Å². The molecule has 47 heavy (non-hydrogen) atoms. The summed E-state index contributed by atoms with van der Waals surface area (Å²) in [4.78, 5) is 47.4. The minimum atomic E-state index is -1.64. The van der Waals surface area contributed by atoms with Gasteiger partial charge in [-0.05, 0) is 43.0 Å². The quantitative estimate of drug-likeness (QED) is 0.114. The Morgan fingerprint density at radius 1 is 1.17 bits per heavy atom. The fourth-order valence-corrected chi connectivity index (χ4v) is 5.45. The largest absolute Gasteiger partial charge is 0.549 e. The van der Waals surface area contributed by atoms with Crippen LogP contribution in [0.3, 0.4) is 0 Å². The maximum atomic E-state index is 13.2. The Morgan fingerprint density at radius 2 is 1.96 bits per heavy atom. The van der Waals surface area contributed by atoms with Crippen LogP contribution in [0.4, 0.5) is 0 Å². The van der Waals surface area contributed by atoms with E-state index in [0.717, 1.165) is 11.3 Å². The number of aliphatic carboxylic acids is 1. The van der Waals surface area contributed by atoms with Crippen molar-refractivity contribution >= 4 is 28.6 Å². The van der Waals surface area contributed by atoms with E-state index in [0.29, 0.717) is 17.2 Å². The molecule has 3 aromatic rings. The molecule has 7 atom stereocenters. The summed E-state index contributed by atoms with van der Waals surface area (Å²) in [6, 6.07) is 10.5. The number of hydroxylamine groups is 2. The van der Waals surface area contributed by atoms with E-state index in [2.05, 4.69) is 10.3 Å². The van der Waals surface area contributed by atoms with Gasteiger partial charge in [-0.3, -0.25) is 14.6 Å². The number of esters is 1. The van der Waals surface area contributed by atoms with Crippen molar-refractivity contribution in [1.29, 1.82) is 0 Å². The number of carboxylic acids is 1. The Kier molecular flexibility index (Phi) is 9.17. The molecule has 0 spiro atoms. The molecular weight excluding hydrogens is 618 g/mol. The van der Waals surface area contributed by atoms with E-state index in [9.17, 15) is 34.8 Å². The fraction of sp³-hybridized carbons (Fsp3) is 0.312. The summed E-state index contributed by atoms with van der Waals surface area (Å²) >= 11 is 0. The van der Waals surface area contributed by atoms with Gasteiger partial charge in [0.1, 0.15) is 66.1 Å². The minimum Gasteiger partial charge on any atom is -0.549 e. The van der Waals surface area contributed by atoms with E-state index in [4.69, 9.17) is 23.5 Å². The summed E-state index contributed by atoms with van der Waals surface area (Å²) in [5, 5.41) is 46.3. The van der Waals surface area contributed by atoms with Crippen LogP contribution in [0.25, 0.3) is 22.1 Å². The number of phenolic OH excluding ortho intramolecular Hbond substituents is 1. The first-order valence-corrected chi connectivity index (χ1v) is 14.7. The molecule has 2 aromatic carbocycles. The number of aliphatic hydroxyl groups is 2. The zero-order valence-electron chi connectivity index (χ0n) is 24.9. The SMILES string of the molecule is CNC[C@@H](C(=O)[O-])C(=O)OC[C@H]1O[C@H](Oc2ccc3c(=O)c(-c4ccc(O)cc4)coc3c2)[C@@H](O[NH+]2C=C3C=CN=C3C2)[C@H](O)[C@H]1O. The van der Waals surface area contributed by atoms with Gasteiger partial charge in [-0.15, -0.1) is 0 Å². The molecule has 15 nitrogen and oxygen atoms in total. The van der Waals surface area contributed by atoms with E-state index >= 15 is 0 Å². The van der Waals surface area contributed by atoms with Crippen LogP contribution in [0.2, 0.25) is 0 Å². The van der Waals surface area contributed by atoms with Crippen LogP contribution in [0, 0.1) is 5.92 Å². The highest BCUT2D eigenvalue weighted by Crippen LogP contribution is 2.29. The molecule has 5 N–H and O–H groups in total. The third-order valence-electron chi connectivity index (χ3n) is 7.95. The van der Waals surface area contributed by atoms with Gasteiger partial charge in [0.15, 0.2) is 12.0 Å². The lowest BCUT2D eigenvalue weighted by Crippen LogP contribution is -3.07. The zero-order valence-corrected chi connectivity index (χ0v) is 24.9. The molecule has 1 fully saturated rings. The fourth-order valence-electron chi connectivity index (χ4n) is 5.45. The molecule has 6 rings (SSSR count). The summed E-state index contributed by atoms with van der Waals surface area (Å²) in [6.07, 6.45) is -0.768. The second-order valence-electron chi connectivity index (χ2n) is 11.1. The number of rotatable bonds is 11. The Balaban J connectivity index is 1.24. The number of nitrogens with one attached hydrogen (secondary N) is 2. The predicted octanol–water partition coefficient (Wildman–Crippen LogP) is -1.83. The number of aromatic hydroxyl groups is 1. The first-order chi connectivity index (χ1) is 22.6. The highest BCUT2D eigenvalue weighted by atomic mass is 16.8. The topological polar surface area (TPSA) is 214 Å². The smallest absolute Gasteiger partial charge is 0.316 e. The van der Waals surface area contributed by atoms with Crippen molar-refractivity contribution in [2.45, 2.75) is 30.7 Å². The number of aliphatic imine (C=N–C) groups is 1. The predicted molar refractivity (Wildman–Crippen MR) is 160 cm³/mol. The van der Waals surface area contributed by atoms with Crippen molar-refractivity contribution in [3.63, 3.8) is 0 Å². The Morgan fingerprint density at radius 3 is 2.68 bits per heavy atom. The summed E-state index contributed by atoms with van der Waals surface area (Å²) in [6.45, 7) is -0.537. The number of quaternary nitrogens is 1. The number of allylic oxidation sites excluding steroid dienone is 1. The Hall–Kier alpha value is -4.90. The molecule has 0 aliphatic carbocycles. The van der Waals surface area contributed by atoms with Crippen molar-refractivity contribution in [2.75, 3.05) is 26.7 Å². The van der Waals surface area contributed by atoms with Crippen molar-refractivity contribution < 1.29 is 58.5 Å². The summed E-state index contributed by atoms with van der Waals surface area (Å²) < 4.78 is 22.9. The Bertz CT molecular complexity index is 1820. The third kappa shape index (κ3) is 6.66. The Labute approximate surface area is 266 Å². The van der Waals surface area contributed by atoms with Crippen molar-refractivity contribution in [3.8, 4) is 22.6 Å². The number of carbonyl (C=O) groups is 2. The second kappa shape index (κ2) is 13.4. The monoisotopic (exact) mass is 649 g/mol. The van der Waals surface area contributed by atoms with Crippen LogP contribution in [-0.4, -0.2) is 90.4 Å². The molecule has 0 amide bonds. The zero-order chi connectivity index (χ0) is 33.2. The molecule has 15 heteroatoms. The first-order valence-electron chi connectivity index (χ1n) is 14.7. The standard InChI is InChI=1S/C32H31N3O12/c1-33-11-21(30(40)41)31(42)44-15-25-27(38)28(39)29(47-35-12-17-8-9-34-23(17)13-35)32(46-25)45-19-6-7-20-24(10-19)43-14-22(26(20)37)16-2-4-18(36)5-3-16/h2-10,12,14,21,25,27-29,32-33,36,38-39H,11,13,15H2,1H3,(H,40,41)/t21-,25+,27-,28+,29-,32-/m0/s1. The van der Waals surface area contributed by atoms with Crippen molar-refractivity contribution in [1.82, 2.24) is 5.32 Å². The molecule has 1 aromatic heterocycles. The average Bonchev–Trinajstić information content (AvgIpc) is 3.65. The van der Waals surface area contributed by atoms with E-state index < -0.39 is 55.2 Å². The third-order valence-corrected chi connectivity index (χ3v) is 7.95. The summed E-state index contributed by atoms with van der Waals surface area (Å²) in [5.41, 5.74) is 2.31. The van der Waals surface area contributed by atoms with Crippen molar-refractivity contribution in [3.05, 3.63) is 83.0 Å². The number of hydrogen-bond donors (Lipinski definition) is 5. The van der Waals surface area contributed by atoms with Crippen LogP contribution < -0.4 is 25.7 Å². The molecular formula is C32H31N3O12. The lowest BCUT2D eigenvalue weighted by molar-refractivity contribution is -1.05. The normalized spacial score (nSPS) is 25.6. The number of benzene rings is 2. The van der Waals surface area contributed by atoms with Crippen LogP contribution in [-0.2, 0) is 23.9 Å². The number of phenols is 1. The number of carboxylic acid groups (broad SMARTS) is 1. The van der Waals surface area contributed by atoms with Gasteiger partial charge in [0, 0.05) is 18.8 Å². The summed E-state index contributed by atoms with van der Waals surface area (Å²) in [5.74, 6) is -4.17. The van der Waals surface area contributed by atoms with Crippen molar-refractivity contribution in [2.24, 2.45) is 10.9 Å². The van der Waals surface area contributed by atoms with Gasteiger partial charge in [0.25, 0.3) is 0 Å². The summed E-state index contributed by atoms with van der Waals surface area (Å²) in [7, 11) is 1.45. The van der Waals surface area contributed by atoms with E-state index in [1.807, 2.05) is 0 Å². The molecule has 4 heterocycles. The van der Waals surface area contributed by atoms with E-state index in [1.165, 1.54) is 43.6 Å². The number of aliphatic hydroxyl groups excluding tert-OH is 2. The highest BCUT2D eigenvalue weighted by molar-refractivity contribution is 6.06. The van der Waals surface area contributed by atoms with Gasteiger partial charge in [-0.2, -0.15) is 9.90 Å². The molecule has 1 saturated heterocycles. The van der Waals surface area contributed by atoms with Gasteiger partial charge in [0.05, 0.1) is 22.5 Å². The second-order valence-corrected chi connectivity index (χ2v) is 11.1. The van der Waals surface area contributed by atoms with Crippen LogP contribution in [0.1, 0.15) is 0 Å². The molecule has 0 radical (unpaired) electrons. The van der Waals surface area contributed by atoms with Crippen LogP contribution >= 0.6 is 0 Å². The maximum Gasteiger partial charge on any atom is 0.316 e. The lowest BCUT2D eigenvalue weighted by atomic mass is 9.99. The first kappa shape index (κ1) is 32.1. The lowest BCUT2D eigenvalue weighted by Gasteiger charge is -2.41. The molecule has 1 unspecified atom stereocenters. The van der Waals surface area contributed by atoms with E-state index in [1.54, 1.807) is 30.6 Å². The number of carbonyl (C=O) groups excluding carboxylic acids is 2. The molecule has 3 aliphatic rings. The molecule has 0 saturated carbocycles. The van der Waals surface area contributed by atoms with Gasteiger partial charge in [0.2, 0.25) is 12.4 Å². The maximum absolute atomic E-state index is 13.2. The van der Waals surface area contributed by atoms with Gasteiger partial charge in [-0.25, -0.2) is 0 Å². The van der Waals surface area contributed by atoms with Crippen LogP contribution in [0.15, 0.2) is 87.0 Å². The number of fused-ring (bicyclic) bond motifs is 2. The van der Waals surface area contributed by atoms with Gasteiger partial charge in [-0.1, -0.05) is 12.1 Å². The molecule has 0 bridgehead atoms. The number of ether oxygens (including phenoxy) is 3. The highest BCUT2D eigenvalue weighted by Gasteiger charge is 2.50. The number of hydrogen-bond acceptors (Lipinski definition) is 14. The minimum absolute atomic E-state index is 0.0537. The number of nitrogens with zero attached hydrogens (tertiary/aromatic N) is 1. The van der Waals surface area contributed by atoms with Crippen LogP contribution in [0.5, 0.6) is 11.5 Å². The molecule has 246 valence electrons.